The highest BCUT2D eigenvalue weighted by atomic mass is 16.6. The second-order valence-corrected chi connectivity index (χ2v) is 4.87. The molecule has 0 aliphatic rings. The predicted molar refractivity (Wildman–Crippen MR) is 88.9 cm³/mol. The van der Waals surface area contributed by atoms with E-state index in [0.717, 1.165) is 17.8 Å². The minimum atomic E-state index is -0.725. The van der Waals surface area contributed by atoms with Crippen molar-refractivity contribution in [2.75, 3.05) is 12.8 Å². The Labute approximate surface area is 151 Å². The van der Waals surface area contributed by atoms with E-state index in [0.29, 0.717) is 0 Å². The van der Waals surface area contributed by atoms with Crippen LogP contribution in [-0.4, -0.2) is 50.3 Å². The standard InChI is InChI=1S/C13H14N8O6/c1-7(22)27-9-4-3-8(11(21(24)25)12(9)26-2)5-15-16-10(23)6-20-13(14)17-18-19-20/h3-5H,6H2,1-2H3,(H,16,23)(H2,14,17,19)/b15-5+. The van der Waals surface area contributed by atoms with Crippen LogP contribution in [0.25, 0.3) is 0 Å². The molecule has 0 fully saturated rings. The van der Waals surface area contributed by atoms with Crippen molar-refractivity contribution in [3.8, 4) is 11.5 Å². The zero-order valence-electron chi connectivity index (χ0n) is 14.1. The Morgan fingerprint density at radius 3 is 2.78 bits per heavy atom. The van der Waals surface area contributed by atoms with Crippen molar-refractivity contribution in [2.45, 2.75) is 13.5 Å². The van der Waals surface area contributed by atoms with Crippen molar-refractivity contribution < 1.29 is 24.0 Å². The fourth-order valence-electron chi connectivity index (χ4n) is 1.96. The van der Waals surface area contributed by atoms with Gasteiger partial charge in [0.1, 0.15) is 6.54 Å². The molecule has 0 radical (unpaired) electrons. The predicted octanol–water partition coefficient (Wildman–Crippen LogP) is -0.752. The van der Waals surface area contributed by atoms with Crippen molar-refractivity contribution in [2.24, 2.45) is 5.10 Å². The van der Waals surface area contributed by atoms with E-state index in [4.69, 9.17) is 15.2 Å². The number of hydrazone groups is 1. The first-order valence-electron chi connectivity index (χ1n) is 7.20. The Bertz CT molecular complexity index is 908. The molecule has 0 aliphatic carbocycles. The molecule has 3 N–H and O–H groups in total. The lowest BCUT2D eigenvalue weighted by molar-refractivity contribution is -0.385. The number of nitro groups is 1. The fraction of sp³-hybridized carbons (Fsp3) is 0.231. The number of aromatic nitrogens is 4. The average Bonchev–Trinajstić information content (AvgIpc) is 2.99. The number of nitrogens with one attached hydrogen (secondary N) is 1. The van der Waals surface area contributed by atoms with E-state index in [-0.39, 0.29) is 29.6 Å². The number of carbonyl (C=O) groups is 2. The highest BCUT2D eigenvalue weighted by molar-refractivity contribution is 5.89. The van der Waals surface area contributed by atoms with E-state index in [1.807, 2.05) is 0 Å². The molecule has 1 amide bonds. The molecular weight excluding hydrogens is 364 g/mol. The van der Waals surface area contributed by atoms with Gasteiger partial charge >= 0.3 is 11.7 Å². The Balaban J connectivity index is 2.20. The number of anilines is 1. The summed E-state index contributed by atoms with van der Waals surface area (Å²) in [6.07, 6.45) is 1.04. The first-order chi connectivity index (χ1) is 12.8. The van der Waals surface area contributed by atoms with Gasteiger partial charge in [-0.05, 0) is 22.6 Å². The van der Waals surface area contributed by atoms with Crippen LogP contribution in [0, 0.1) is 10.1 Å². The number of nitrogens with two attached hydrogens (primary N) is 1. The SMILES string of the molecule is COc1c(OC(C)=O)ccc(/C=N/NC(=O)Cn2nnnc2N)c1[N+](=O)[O-]. The number of hydrogen-bond donors (Lipinski definition) is 2. The van der Waals surface area contributed by atoms with Crippen LogP contribution in [0.1, 0.15) is 12.5 Å². The Hall–Kier alpha value is -4.10. The molecule has 0 saturated carbocycles. The Kier molecular flexibility index (Phi) is 5.93. The smallest absolute Gasteiger partial charge is 0.323 e. The molecule has 14 heteroatoms. The lowest BCUT2D eigenvalue weighted by atomic mass is 10.1. The highest BCUT2D eigenvalue weighted by Crippen LogP contribution is 2.39. The molecule has 2 aromatic rings. The molecular formula is C13H14N8O6. The van der Waals surface area contributed by atoms with E-state index in [2.05, 4.69) is 26.1 Å². The molecule has 0 atom stereocenters. The maximum Gasteiger partial charge on any atom is 0.323 e. The van der Waals surface area contributed by atoms with Crippen LogP contribution in [0.2, 0.25) is 0 Å². The van der Waals surface area contributed by atoms with Gasteiger partial charge in [0.05, 0.1) is 23.8 Å². The zero-order chi connectivity index (χ0) is 20.0. The van der Waals surface area contributed by atoms with Crippen molar-refractivity contribution in [3.63, 3.8) is 0 Å². The molecule has 27 heavy (non-hydrogen) atoms. The minimum absolute atomic E-state index is 0.00925. The van der Waals surface area contributed by atoms with Crippen LogP contribution in [0.3, 0.4) is 0 Å². The maximum absolute atomic E-state index is 11.8. The second kappa shape index (κ2) is 8.32. The van der Waals surface area contributed by atoms with Crippen molar-refractivity contribution in [3.05, 3.63) is 27.8 Å². The van der Waals surface area contributed by atoms with Gasteiger partial charge in [0, 0.05) is 6.92 Å². The zero-order valence-corrected chi connectivity index (χ0v) is 14.1. The maximum atomic E-state index is 11.8. The second-order valence-electron chi connectivity index (χ2n) is 4.87. The number of nitro benzene ring substituents is 1. The summed E-state index contributed by atoms with van der Waals surface area (Å²) in [7, 11) is 1.19. The van der Waals surface area contributed by atoms with Gasteiger partial charge in [0.2, 0.25) is 11.7 Å². The molecule has 1 heterocycles. The number of tetrazole rings is 1. The Morgan fingerprint density at radius 2 is 2.22 bits per heavy atom. The molecule has 1 aromatic heterocycles. The summed E-state index contributed by atoms with van der Waals surface area (Å²) in [5.74, 6) is -1.72. The quantitative estimate of drug-likeness (QED) is 0.204. The fourth-order valence-corrected chi connectivity index (χ4v) is 1.96. The molecule has 0 saturated heterocycles. The van der Waals surface area contributed by atoms with Gasteiger partial charge in [-0.3, -0.25) is 19.7 Å². The van der Waals surface area contributed by atoms with Gasteiger partial charge in [0.25, 0.3) is 5.91 Å². The number of hydrogen-bond acceptors (Lipinski definition) is 11. The third-order valence-electron chi connectivity index (χ3n) is 3.01. The number of carbonyl (C=O) groups excluding carboxylic acids is 2. The third kappa shape index (κ3) is 4.71. The van der Waals surface area contributed by atoms with E-state index in [9.17, 15) is 19.7 Å². The van der Waals surface area contributed by atoms with Gasteiger partial charge in [0.15, 0.2) is 5.75 Å². The molecule has 142 valence electrons. The number of methoxy groups -OCH3 is 1. The molecule has 2 rings (SSSR count). The molecule has 1 aromatic carbocycles. The van der Waals surface area contributed by atoms with Crippen molar-refractivity contribution >= 4 is 29.7 Å². The number of benzene rings is 1. The van der Waals surface area contributed by atoms with Crippen molar-refractivity contribution in [1.29, 1.82) is 0 Å². The minimum Gasteiger partial charge on any atom is -0.488 e. The van der Waals surface area contributed by atoms with E-state index >= 15 is 0 Å². The summed E-state index contributed by atoms with van der Waals surface area (Å²) in [4.78, 5) is 33.5. The van der Waals surface area contributed by atoms with Gasteiger partial charge in [-0.2, -0.15) is 5.10 Å². The number of nitrogen functional groups attached to an aromatic ring is 1. The molecule has 14 nitrogen and oxygen atoms in total. The highest BCUT2D eigenvalue weighted by Gasteiger charge is 2.25. The number of esters is 1. The topological polar surface area (TPSA) is 190 Å². The molecule has 0 bridgehead atoms. The third-order valence-corrected chi connectivity index (χ3v) is 3.01. The summed E-state index contributed by atoms with van der Waals surface area (Å²) < 4.78 is 10.9. The van der Waals surface area contributed by atoms with Crippen LogP contribution >= 0.6 is 0 Å². The lowest BCUT2D eigenvalue weighted by Crippen LogP contribution is -2.24. The van der Waals surface area contributed by atoms with Crippen LogP contribution in [-0.2, 0) is 16.1 Å². The van der Waals surface area contributed by atoms with Crippen LogP contribution in [0.4, 0.5) is 11.6 Å². The summed E-state index contributed by atoms with van der Waals surface area (Å²) in [6, 6.07) is 2.59. The van der Waals surface area contributed by atoms with Crippen molar-refractivity contribution in [1.82, 2.24) is 25.6 Å². The van der Waals surface area contributed by atoms with Gasteiger partial charge < -0.3 is 15.2 Å². The van der Waals surface area contributed by atoms with E-state index in [1.165, 1.54) is 19.2 Å². The average molecular weight is 378 g/mol. The first-order valence-corrected chi connectivity index (χ1v) is 7.20. The normalized spacial score (nSPS) is 10.6. The van der Waals surface area contributed by atoms with Gasteiger partial charge in [-0.25, -0.2) is 10.1 Å². The van der Waals surface area contributed by atoms with E-state index < -0.39 is 22.5 Å². The summed E-state index contributed by atoms with van der Waals surface area (Å²) in [5, 5.41) is 25.2. The first kappa shape index (κ1) is 19.2. The van der Waals surface area contributed by atoms with E-state index in [1.54, 1.807) is 0 Å². The monoisotopic (exact) mass is 378 g/mol. The molecule has 0 aliphatic heterocycles. The largest absolute Gasteiger partial charge is 0.488 e. The summed E-state index contributed by atoms with van der Waals surface area (Å²) >= 11 is 0. The lowest BCUT2D eigenvalue weighted by Gasteiger charge is -2.09. The number of amides is 1. The number of ether oxygens (including phenoxy) is 2. The molecule has 0 spiro atoms. The number of rotatable bonds is 7. The summed E-state index contributed by atoms with van der Waals surface area (Å²) in [5.41, 5.74) is 7.11. The van der Waals surface area contributed by atoms with Gasteiger partial charge in [-0.15, -0.1) is 0 Å². The van der Waals surface area contributed by atoms with Crippen LogP contribution in [0.15, 0.2) is 17.2 Å². The van der Waals surface area contributed by atoms with Gasteiger partial charge in [-0.1, -0.05) is 5.10 Å². The Morgan fingerprint density at radius 1 is 1.48 bits per heavy atom. The summed E-state index contributed by atoms with van der Waals surface area (Å²) in [6.45, 7) is 0.848. The molecule has 0 unspecified atom stereocenters. The van der Waals surface area contributed by atoms with Crippen LogP contribution < -0.4 is 20.6 Å². The number of nitrogens with zero attached hydrogens (tertiary/aromatic N) is 6. The van der Waals surface area contributed by atoms with Crippen LogP contribution in [0.5, 0.6) is 11.5 Å².